The third-order valence-electron chi connectivity index (χ3n) is 3.63. The van der Waals surface area contributed by atoms with Crippen LogP contribution < -0.4 is 11.1 Å². The molecule has 3 rings (SSSR count). The zero-order chi connectivity index (χ0) is 13.2. The molecule has 1 aliphatic rings. The van der Waals surface area contributed by atoms with Gasteiger partial charge in [0.25, 0.3) is 5.91 Å². The third-order valence-corrected chi connectivity index (χ3v) is 3.63. The van der Waals surface area contributed by atoms with Crippen LogP contribution in [0, 0.1) is 0 Å². The van der Waals surface area contributed by atoms with Crippen molar-refractivity contribution in [1.29, 1.82) is 0 Å². The monoisotopic (exact) mass is 255 g/mol. The molecule has 19 heavy (non-hydrogen) atoms. The van der Waals surface area contributed by atoms with Crippen LogP contribution in [0.1, 0.15) is 40.5 Å². The Bertz CT molecular complexity index is 589. The summed E-state index contributed by atoms with van der Waals surface area (Å²) in [5.74, 6) is -0.0559. The number of aromatic nitrogens is 1. The van der Waals surface area contributed by atoms with Gasteiger partial charge in [-0.1, -0.05) is 6.07 Å². The van der Waals surface area contributed by atoms with Crippen LogP contribution in [-0.2, 0) is 6.42 Å². The van der Waals surface area contributed by atoms with Crippen molar-refractivity contribution in [2.75, 3.05) is 5.73 Å². The number of anilines is 1. The molecule has 1 unspecified atom stereocenters. The fourth-order valence-corrected chi connectivity index (χ4v) is 2.69. The van der Waals surface area contributed by atoms with Gasteiger partial charge in [0.15, 0.2) is 0 Å². The molecule has 0 spiro atoms. The lowest BCUT2D eigenvalue weighted by molar-refractivity contribution is 0.0928. The van der Waals surface area contributed by atoms with E-state index in [0.29, 0.717) is 5.69 Å². The number of fused-ring (bicyclic) bond motifs is 1. The molecule has 1 amide bonds. The first kappa shape index (κ1) is 11.8. The quantitative estimate of drug-likeness (QED) is 0.721. The Hall–Kier alpha value is -2.23. The molecule has 4 nitrogen and oxygen atoms in total. The van der Waals surface area contributed by atoms with E-state index in [9.17, 15) is 4.79 Å². The molecule has 0 fully saturated rings. The highest BCUT2D eigenvalue weighted by Crippen LogP contribution is 2.31. The van der Waals surface area contributed by atoms with Gasteiger partial charge in [-0.15, -0.1) is 0 Å². The highest BCUT2D eigenvalue weighted by Gasteiger charge is 2.22. The number of carbonyl (C=O) groups excluding carboxylic acids is 1. The molecule has 1 aliphatic carbocycles. The van der Waals surface area contributed by atoms with E-state index in [0.717, 1.165) is 24.9 Å². The molecule has 0 aliphatic heterocycles. The lowest BCUT2D eigenvalue weighted by atomic mass is 9.87. The van der Waals surface area contributed by atoms with E-state index in [4.69, 9.17) is 5.73 Å². The van der Waals surface area contributed by atoms with Crippen LogP contribution >= 0.6 is 0 Å². The zero-order valence-electron chi connectivity index (χ0n) is 10.6. The molecule has 0 bridgehead atoms. The third kappa shape index (κ3) is 2.34. The minimum atomic E-state index is -0.0559. The first-order valence-electron chi connectivity index (χ1n) is 6.56. The summed E-state index contributed by atoms with van der Waals surface area (Å²) >= 11 is 0. The second kappa shape index (κ2) is 4.80. The number of carbonyl (C=O) groups is 1. The van der Waals surface area contributed by atoms with Gasteiger partial charge in [0, 0.05) is 11.9 Å². The number of rotatable bonds is 2. The number of amides is 1. The Labute approximate surface area is 112 Å². The van der Waals surface area contributed by atoms with Crippen molar-refractivity contribution in [3.05, 3.63) is 53.3 Å². The maximum Gasteiger partial charge on any atom is 0.268 e. The second-order valence-electron chi connectivity index (χ2n) is 4.96. The number of aryl methyl sites for hydroxylation is 1. The van der Waals surface area contributed by atoms with Crippen LogP contribution in [0.4, 0.5) is 5.69 Å². The maximum absolute atomic E-state index is 12.1. The van der Waals surface area contributed by atoms with Crippen molar-refractivity contribution in [3.8, 4) is 0 Å². The summed E-state index contributed by atoms with van der Waals surface area (Å²) in [5.41, 5.74) is 9.65. The van der Waals surface area contributed by atoms with E-state index in [-0.39, 0.29) is 11.9 Å². The molecule has 0 saturated heterocycles. The summed E-state index contributed by atoms with van der Waals surface area (Å²) in [6, 6.07) is 9.64. The van der Waals surface area contributed by atoms with Crippen molar-refractivity contribution < 1.29 is 4.79 Å². The number of H-pyrrole nitrogens is 1. The van der Waals surface area contributed by atoms with Crippen molar-refractivity contribution in [1.82, 2.24) is 10.3 Å². The summed E-state index contributed by atoms with van der Waals surface area (Å²) in [7, 11) is 0. The molecule has 4 heteroatoms. The minimum absolute atomic E-state index is 0.0559. The van der Waals surface area contributed by atoms with Crippen molar-refractivity contribution in [3.63, 3.8) is 0 Å². The Kier molecular flexibility index (Phi) is 2.99. The molecule has 2 aromatic rings. The summed E-state index contributed by atoms with van der Waals surface area (Å²) in [6.07, 6.45) is 4.84. The Balaban J connectivity index is 1.82. The highest BCUT2D eigenvalue weighted by molar-refractivity contribution is 5.92. The predicted octanol–water partition coefficient (Wildman–Crippen LogP) is 2.40. The van der Waals surface area contributed by atoms with E-state index in [1.165, 1.54) is 11.1 Å². The fraction of sp³-hybridized carbons (Fsp3) is 0.267. The zero-order valence-corrected chi connectivity index (χ0v) is 10.6. The highest BCUT2D eigenvalue weighted by atomic mass is 16.1. The average molecular weight is 255 g/mol. The first-order valence-corrected chi connectivity index (χ1v) is 6.56. The van der Waals surface area contributed by atoms with E-state index >= 15 is 0 Å². The predicted molar refractivity (Wildman–Crippen MR) is 74.8 cm³/mol. The Morgan fingerprint density at radius 2 is 2.26 bits per heavy atom. The van der Waals surface area contributed by atoms with Gasteiger partial charge in [-0.2, -0.15) is 0 Å². The smallest absolute Gasteiger partial charge is 0.268 e. The molecule has 1 atom stereocenters. The normalized spacial score (nSPS) is 17.8. The molecular formula is C15H17N3O. The van der Waals surface area contributed by atoms with Gasteiger partial charge in [-0.3, -0.25) is 4.79 Å². The lowest BCUT2D eigenvalue weighted by Crippen LogP contribution is -2.31. The van der Waals surface area contributed by atoms with Crippen LogP contribution in [-0.4, -0.2) is 10.9 Å². The number of aromatic amines is 1. The summed E-state index contributed by atoms with van der Waals surface area (Å²) in [6.45, 7) is 0. The van der Waals surface area contributed by atoms with Crippen LogP contribution in [0.3, 0.4) is 0 Å². The maximum atomic E-state index is 12.1. The summed E-state index contributed by atoms with van der Waals surface area (Å²) in [4.78, 5) is 15.0. The van der Waals surface area contributed by atoms with E-state index < -0.39 is 0 Å². The SMILES string of the molecule is Nc1ccc2c(c1)CCCC2NC(=O)c1ccc[nH]1. The molecule has 4 N–H and O–H groups in total. The van der Waals surface area contributed by atoms with E-state index in [1.807, 2.05) is 24.3 Å². The van der Waals surface area contributed by atoms with Crippen molar-refractivity contribution in [2.45, 2.75) is 25.3 Å². The Morgan fingerprint density at radius 1 is 1.37 bits per heavy atom. The number of nitrogens with one attached hydrogen (secondary N) is 2. The molecule has 1 aromatic heterocycles. The number of nitrogens with two attached hydrogens (primary N) is 1. The second-order valence-corrected chi connectivity index (χ2v) is 4.96. The van der Waals surface area contributed by atoms with Crippen molar-refractivity contribution >= 4 is 11.6 Å². The number of hydrogen-bond donors (Lipinski definition) is 3. The largest absolute Gasteiger partial charge is 0.399 e. The van der Waals surface area contributed by atoms with Gasteiger partial charge in [0.1, 0.15) is 5.69 Å². The summed E-state index contributed by atoms with van der Waals surface area (Å²) in [5, 5.41) is 3.09. The van der Waals surface area contributed by atoms with Crippen LogP contribution in [0.15, 0.2) is 36.5 Å². The van der Waals surface area contributed by atoms with Crippen molar-refractivity contribution in [2.24, 2.45) is 0 Å². The standard InChI is InChI=1S/C15H17N3O/c16-11-6-7-12-10(9-11)3-1-4-13(12)18-15(19)14-5-2-8-17-14/h2,5-9,13,17H,1,3-4,16H2,(H,18,19). The number of nitrogen functional groups attached to an aromatic ring is 1. The minimum Gasteiger partial charge on any atom is -0.399 e. The average Bonchev–Trinajstić information content (AvgIpc) is 2.92. The first-order chi connectivity index (χ1) is 9.24. The van der Waals surface area contributed by atoms with E-state index in [1.54, 1.807) is 12.3 Å². The molecule has 0 saturated carbocycles. The van der Waals surface area contributed by atoms with Crippen LogP contribution in [0.25, 0.3) is 0 Å². The Morgan fingerprint density at radius 3 is 3.05 bits per heavy atom. The molecule has 98 valence electrons. The van der Waals surface area contributed by atoms with Crippen LogP contribution in [0.5, 0.6) is 0 Å². The molecule has 0 radical (unpaired) electrons. The van der Waals surface area contributed by atoms with Crippen LogP contribution in [0.2, 0.25) is 0 Å². The van der Waals surface area contributed by atoms with E-state index in [2.05, 4.69) is 10.3 Å². The van der Waals surface area contributed by atoms with Gasteiger partial charge < -0.3 is 16.0 Å². The summed E-state index contributed by atoms with van der Waals surface area (Å²) < 4.78 is 0. The fourth-order valence-electron chi connectivity index (χ4n) is 2.69. The lowest BCUT2D eigenvalue weighted by Gasteiger charge is -2.26. The van der Waals surface area contributed by atoms with Gasteiger partial charge in [-0.05, 0) is 54.7 Å². The van der Waals surface area contributed by atoms with Gasteiger partial charge in [0.2, 0.25) is 0 Å². The van der Waals surface area contributed by atoms with Gasteiger partial charge in [-0.25, -0.2) is 0 Å². The van der Waals surface area contributed by atoms with Gasteiger partial charge >= 0.3 is 0 Å². The van der Waals surface area contributed by atoms with Gasteiger partial charge in [0.05, 0.1) is 6.04 Å². The molecule has 1 heterocycles. The number of benzene rings is 1. The molecule has 1 aromatic carbocycles. The number of hydrogen-bond acceptors (Lipinski definition) is 2. The topological polar surface area (TPSA) is 70.9 Å². The molecular weight excluding hydrogens is 238 g/mol.